The van der Waals surface area contributed by atoms with Crippen LogP contribution in [0.1, 0.15) is 19.3 Å². The minimum Gasteiger partial charge on any atom is -0.481 e. The number of carbonyl (C=O) groups excluding carboxylic acids is 1. The standard InChI is InChI=1S/C12H17N3O3/c13-3-4-14-9(16)6-15-11-8-2-1-7(5-8)10(11)12(17)18/h7-8,10-11,15H,1-2,4-6H2,(H,14,16)(H,17,18). The molecule has 18 heavy (non-hydrogen) atoms. The second-order valence-electron chi connectivity index (χ2n) is 5.04. The van der Waals surface area contributed by atoms with E-state index >= 15 is 0 Å². The molecular formula is C12H17N3O3. The third-order valence-corrected chi connectivity index (χ3v) is 4.06. The fourth-order valence-corrected chi connectivity index (χ4v) is 3.35. The molecule has 98 valence electrons. The molecule has 2 aliphatic carbocycles. The summed E-state index contributed by atoms with van der Waals surface area (Å²) in [5.41, 5.74) is 0. The number of nitrogens with one attached hydrogen (secondary N) is 2. The highest BCUT2D eigenvalue weighted by atomic mass is 16.4. The predicted molar refractivity (Wildman–Crippen MR) is 62.4 cm³/mol. The Labute approximate surface area is 105 Å². The Bertz CT molecular complexity index is 391. The lowest BCUT2D eigenvalue weighted by molar-refractivity contribution is -0.144. The van der Waals surface area contributed by atoms with Crippen LogP contribution in [0, 0.1) is 29.1 Å². The van der Waals surface area contributed by atoms with Crippen molar-refractivity contribution in [1.82, 2.24) is 10.6 Å². The van der Waals surface area contributed by atoms with Crippen molar-refractivity contribution in [3.05, 3.63) is 0 Å². The van der Waals surface area contributed by atoms with Gasteiger partial charge in [-0.15, -0.1) is 0 Å². The fraction of sp³-hybridized carbons (Fsp3) is 0.750. The fourth-order valence-electron chi connectivity index (χ4n) is 3.35. The first-order chi connectivity index (χ1) is 8.63. The molecule has 0 aromatic carbocycles. The van der Waals surface area contributed by atoms with Gasteiger partial charge in [-0.1, -0.05) is 0 Å². The molecule has 0 aliphatic heterocycles. The Morgan fingerprint density at radius 2 is 2.06 bits per heavy atom. The summed E-state index contributed by atoms with van der Waals surface area (Å²) in [6, 6.07) is 1.72. The second-order valence-corrected chi connectivity index (χ2v) is 5.04. The molecule has 1 amide bonds. The molecule has 2 rings (SSSR count). The van der Waals surface area contributed by atoms with Crippen LogP contribution in [-0.4, -0.2) is 36.1 Å². The van der Waals surface area contributed by atoms with Crippen LogP contribution < -0.4 is 10.6 Å². The molecule has 2 bridgehead atoms. The van der Waals surface area contributed by atoms with Gasteiger partial charge in [-0.25, -0.2) is 0 Å². The van der Waals surface area contributed by atoms with Gasteiger partial charge in [0.2, 0.25) is 5.91 Å². The second kappa shape index (κ2) is 5.36. The number of nitrogens with zero attached hydrogens (tertiary/aromatic N) is 1. The van der Waals surface area contributed by atoms with Crippen molar-refractivity contribution in [3.8, 4) is 6.07 Å². The number of nitriles is 1. The Balaban J connectivity index is 1.86. The van der Waals surface area contributed by atoms with E-state index in [4.69, 9.17) is 5.26 Å². The van der Waals surface area contributed by atoms with Crippen LogP contribution in [0.4, 0.5) is 0 Å². The molecule has 2 aliphatic rings. The van der Waals surface area contributed by atoms with E-state index in [0.717, 1.165) is 19.3 Å². The molecule has 0 radical (unpaired) electrons. The van der Waals surface area contributed by atoms with Crippen molar-refractivity contribution in [1.29, 1.82) is 5.26 Å². The summed E-state index contributed by atoms with van der Waals surface area (Å²) >= 11 is 0. The summed E-state index contributed by atoms with van der Waals surface area (Å²) in [4.78, 5) is 22.6. The quantitative estimate of drug-likeness (QED) is 0.583. The van der Waals surface area contributed by atoms with Crippen molar-refractivity contribution in [3.63, 3.8) is 0 Å². The van der Waals surface area contributed by atoms with E-state index in [9.17, 15) is 14.7 Å². The molecule has 0 aromatic heterocycles. The molecule has 6 heteroatoms. The number of carbonyl (C=O) groups is 2. The Morgan fingerprint density at radius 3 is 2.72 bits per heavy atom. The summed E-state index contributed by atoms with van der Waals surface area (Å²) in [5.74, 6) is -0.764. The number of hydrogen-bond acceptors (Lipinski definition) is 4. The number of carboxylic acid groups (broad SMARTS) is 1. The number of hydrogen-bond donors (Lipinski definition) is 3. The van der Waals surface area contributed by atoms with Gasteiger partial charge in [-0.05, 0) is 31.1 Å². The zero-order valence-corrected chi connectivity index (χ0v) is 10.1. The average Bonchev–Trinajstić information content (AvgIpc) is 2.93. The topological polar surface area (TPSA) is 102 Å². The van der Waals surface area contributed by atoms with Gasteiger partial charge in [0.25, 0.3) is 0 Å². The van der Waals surface area contributed by atoms with Crippen LogP contribution in [0.15, 0.2) is 0 Å². The number of rotatable bonds is 5. The van der Waals surface area contributed by atoms with Gasteiger partial charge in [-0.2, -0.15) is 5.26 Å². The van der Waals surface area contributed by atoms with E-state index in [0.29, 0.717) is 5.92 Å². The monoisotopic (exact) mass is 251 g/mol. The summed E-state index contributed by atoms with van der Waals surface area (Å²) in [7, 11) is 0. The zero-order valence-electron chi connectivity index (χ0n) is 10.1. The summed E-state index contributed by atoms with van der Waals surface area (Å²) < 4.78 is 0. The summed E-state index contributed by atoms with van der Waals surface area (Å²) in [6.45, 7) is 0.0684. The highest BCUT2D eigenvalue weighted by Crippen LogP contribution is 2.48. The van der Waals surface area contributed by atoms with E-state index in [1.165, 1.54) is 0 Å². The van der Waals surface area contributed by atoms with Gasteiger partial charge in [0.1, 0.15) is 6.54 Å². The first kappa shape index (κ1) is 12.8. The van der Waals surface area contributed by atoms with Crippen molar-refractivity contribution >= 4 is 11.9 Å². The van der Waals surface area contributed by atoms with Gasteiger partial charge in [0.15, 0.2) is 0 Å². The third kappa shape index (κ3) is 2.46. The highest BCUT2D eigenvalue weighted by Gasteiger charge is 2.50. The first-order valence-corrected chi connectivity index (χ1v) is 6.23. The minimum absolute atomic E-state index is 0.0143. The highest BCUT2D eigenvalue weighted by molar-refractivity contribution is 5.78. The SMILES string of the molecule is N#CCNC(=O)CNC1C2CCC(C2)C1C(=O)O. The molecule has 4 unspecified atom stereocenters. The van der Waals surface area contributed by atoms with Crippen LogP contribution >= 0.6 is 0 Å². The third-order valence-electron chi connectivity index (χ3n) is 4.06. The largest absolute Gasteiger partial charge is 0.481 e. The number of carboxylic acids is 1. The number of amides is 1. The molecule has 0 saturated heterocycles. The maximum Gasteiger partial charge on any atom is 0.308 e. The van der Waals surface area contributed by atoms with Gasteiger partial charge in [-0.3, -0.25) is 9.59 Å². The van der Waals surface area contributed by atoms with Crippen molar-refractivity contribution in [2.45, 2.75) is 25.3 Å². The number of aliphatic carboxylic acids is 1. The molecule has 0 heterocycles. The smallest absolute Gasteiger partial charge is 0.308 e. The normalized spacial score (nSPS) is 33.1. The Kier molecular flexibility index (Phi) is 3.82. The van der Waals surface area contributed by atoms with Gasteiger partial charge < -0.3 is 15.7 Å². The molecule has 3 N–H and O–H groups in total. The minimum atomic E-state index is -0.767. The maximum atomic E-state index is 11.4. The molecule has 2 saturated carbocycles. The molecular weight excluding hydrogens is 234 g/mol. The average molecular weight is 251 g/mol. The van der Waals surface area contributed by atoms with Crippen molar-refractivity contribution < 1.29 is 14.7 Å². The van der Waals surface area contributed by atoms with Crippen LogP contribution in [0.2, 0.25) is 0 Å². The Morgan fingerprint density at radius 1 is 1.33 bits per heavy atom. The molecule has 6 nitrogen and oxygen atoms in total. The van der Waals surface area contributed by atoms with Gasteiger partial charge in [0, 0.05) is 6.04 Å². The predicted octanol–water partition coefficient (Wildman–Crippen LogP) is -0.285. The maximum absolute atomic E-state index is 11.4. The van der Waals surface area contributed by atoms with Crippen LogP contribution in [-0.2, 0) is 9.59 Å². The van der Waals surface area contributed by atoms with Gasteiger partial charge in [0.05, 0.1) is 18.5 Å². The first-order valence-electron chi connectivity index (χ1n) is 6.23. The molecule has 0 aromatic rings. The van der Waals surface area contributed by atoms with Gasteiger partial charge >= 0.3 is 5.97 Å². The van der Waals surface area contributed by atoms with Crippen molar-refractivity contribution in [2.24, 2.45) is 17.8 Å². The van der Waals surface area contributed by atoms with E-state index in [1.807, 2.05) is 6.07 Å². The summed E-state index contributed by atoms with van der Waals surface area (Å²) in [6.07, 6.45) is 2.99. The zero-order chi connectivity index (χ0) is 13.1. The van der Waals surface area contributed by atoms with E-state index in [-0.39, 0.29) is 36.9 Å². The van der Waals surface area contributed by atoms with Crippen molar-refractivity contribution in [2.75, 3.05) is 13.1 Å². The number of fused-ring (bicyclic) bond motifs is 2. The van der Waals surface area contributed by atoms with E-state index < -0.39 is 5.97 Å². The lowest BCUT2D eigenvalue weighted by Crippen LogP contribution is -2.47. The molecule has 2 fully saturated rings. The van der Waals surface area contributed by atoms with Crippen LogP contribution in [0.25, 0.3) is 0 Å². The van der Waals surface area contributed by atoms with E-state index in [2.05, 4.69) is 10.6 Å². The van der Waals surface area contributed by atoms with E-state index in [1.54, 1.807) is 0 Å². The van der Waals surface area contributed by atoms with Crippen LogP contribution in [0.3, 0.4) is 0 Å². The summed E-state index contributed by atoms with van der Waals surface area (Å²) in [5, 5.41) is 23.0. The van der Waals surface area contributed by atoms with Crippen LogP contribution in [0.5, 0.6) is 0 Å². The molecule has 4 atom stereocenters. The Hall–Kier alpha value is -1.61. The lowest BCUT2D eigenvalue weighted by Gasteiger charge is -2.28. The lowest BCUT2D eigenvalue weighted by atomic mass is 9.84. The molecule has 0 spiro atoms.